The number of hydrogen-bond donors (Lipinski definition) is 1. The van der Waals surface area contributed by atoms with Crippen LogP contribution in [0.25, 0.3) is 0 Å². The number of ether oxygens (including phenoxy) is 1. The summed E-state index contributed by atoms with van der Waals surface area (Å²) in [6, 6.07) is 3.92. The van der Waals surface area contributed by atoms with Crippen molar-refractivity contribution in [2.24, 2.45) is 0 Å². The van der Waals surface area contributed by atoms with Crippen LogP contribution in [0.1, 0.15) is 27.2 Å². The Balaban J connectivity index is 1.51. The largest absolute Gasteiger partial charge is 0.372 e. The van der Waals surface area contributed by atoms with Crippen LogP contribution in [-0.2, 0) is 4.74 Å². The predicted octanol–water partition coefficient (Wildman–Crippen LogP) is 2.51. The van der Waals surface area contributed by atoms with Crippen LogP contribution in [0.3, 0.4) is 0 Å². The van der Waals surface area contributed by atoms with Crippen molar-refractivity contribution in [2.45, 2.75) is 38.3 Å². The second-order valence-electron chi connectivity index (χ2n) is 9.07. The average Bonchev–Trinajstić information content (AvgIpc) is 3.05. The number of fused-ring (bicyclic) bond motifs is 4. The monoisotopic (exact) mass is 409 g/mol. The molecule has 2 fully saturated rings. The van der Waals surface area contributed by atoms with Gasteiger partial charge in [-0.15, -0.1) is 0 Å². The van der Waals surface area contributed by atoms with Crippen molar-refractivity contribution < 1.29 is 9.53 Å². The Morgan fingerprint density at radius 2 is 2.00 bits per heavy atom. The first-order valence-electron chi connectivity index (χ1n) is 10.4. The molecule has 3 aliphatic heterocycles. The molecule has 2 amide bonds. The van der Waals surface area contributed by atoms with Crippen molar-refractivity contribution in [2.75, 3.05) is 52.8 Å². The second kappa shape index (κ2) is 6.80. The molecule has 1 atom stereocenters. The van der Waals surface area contributed by atoms with E-state index in [1.165, 1.54) is 0 Å². The Labute approximate surface area is 176 Å². The number of carbonyl (C=O) groups excluding carboxylic acids is 1. The topological polar surface area (TPSA) is 86.7 Å². The molecule has 0 saturated carbocycles. The Bertz CT molecular complexity index is 967. The summed E-state index contributed by atoms with van der Waals surface area (Å²) >= 11 is 0. The van der Waals surface area contributed by atoms with Gasteiger partial charge in [-0.2, -0.15) is 0 Å². The summed E-state index contributed by atoms with van der Waals surface area (Å²) in [5, 5.41) is 2.89. The molecule has 2 aromatic rings. The molecule has 9 nitrogen and oxygen atoms in total. The molecule has 9 heteroatoms. The summed E-state index contributed by atoms with van der Waals surface area (Å²) in [7, 11) is 0. The van der Waals surface area contributed by atoms with E-state index in [2.05, 4.69) is 58.0 Å². The first kappa shape index (κ1) is 19.0. The Hall–Kier alpha value is -2.94. The molecule has 0 unspecified atom stereocenters. The van der Waals surface area contributed by atoms with Crippen LogP contribution in [-0.4, -0.2) is 64.9 Å². The second-order valence-corrected chi connectivity index (χ2v) is 9.07. The van der Waals surface area contributed by atoms with E-state index in [9.17, 15) is 4.79 Å². The number of carbonyl (C=O) groups is 1. The molecule has 2 saturated heterocycles. The molecular weight excluding hydrogens is 382 g/mol. The minimum Gasteiger partial charge on any atom is -0.372 e. The normalized spacial score (nSPS) is 24.6. The highest BCUT2D eigenvalue weighted by molar-refractivity contribution is 6.05. The van der Waals surface area contributed by atoms with Crippen LogP contribution < -0.4 is 20.0 Å². The molecule has 30 heavy (non-hydrogen) atoms. The number of rotatable bonds is 2. The van der Waals surface area contributed by atoms with E-state index in [0.29, 0.717) is 18.2 Å². The number of aromatic nitrogens is 3. The van der Waals surface area contributed by atoms with E-state index in [4.69, 9.17) is 9.72 Å². The number of nitrogens with one attached hydrogen (secondary N) is 1. The van der Waals surface area contributed by atoms with Crippen LogP contribution in [0.2, 0.25) is 0 Å². The van der Waals surface area contributed by atoms with Crippen molar-refractivity contribution in [3.05, 3.63) is 30.7 Å². The third kappa shape index (κ3) is 3.23. The summed E-state index contributed by atoms with van der Waals surface area (Å²) in [4.78, 5) is 33.0. The number of pyridine rings is 1. The third-order valence-corrected chi connectivity index (χ3v) is 6.13. The molecule has 0 aromatic carbocycles. The number of anilines is 4. The fourth-order valence-corrected chi connectivity index (χ4v) is 4.69. The van der Waals surface area contributed by atoms with Crippen molar-refractivity contribution in [1.29, 1.82) is 0 Å². The van der Waals surface area contributed by atoms with Gasteiger partial charge in [-0.25, -0.2) is 14.8 Å². The summed E-state index contributed by atoms with van der Waals surface area (Å²) in [6.07, 6.45) is 5.58. The molecule has 1 N–H and O–H groups in total. The molecular formula is C21H27N7O2. The Morgan fingerprint density at radius 1 is 1.13 bits per heavy atom. The fourth-order valence-electron chi connectivity index (χ4n) is 4.69. The predicted molar refractivity (Wildman–Crippen MR) is 115 cm³/mol. The minimum absolute atomic E-state index is 0.229. The van der Waals surface area contributed by atoms with E-state index in [-0.39, 0.29) is 17.2 Å². The third-order valence-electron chi connectivity index (χ3n) is 6.13. The summed E-state index contributed by atoms with van der Waals surface area (Å²) in [5.41, 5.74) is 0.443. The zero-order valence-electron chi connectivity index (χ0n) is 17.6. The van der Waals surface area contributed by atoms with Gasteiger partial charge in [0.25, 0.3) is 0 Å². The lowest BCUT2D eigenvalue weighted by Crippen LogP contribution is -2.56. The highest BCUT2D eigenvalue weighted by Crippen LogP contribution is 2.45. The summed E-state index contributed by atoms with van der Waals surface area (Å²) in [6.45, 7) is 10.2. The van der Waals surface area contributed by atoms with Gasteiger partial charge in [-0.05, 0) is 39.3 Å². The highest BCUT2D eigenvalue weighted by atomic mass is 16.5. The van der Waals surface area contributed by atoms with Crippen LogP contribution in [0.15, 0.2) is 30.7 Å². The van der Waals surface area contributed by atoms with Gasteiger partial charge in [-0.3, -0.25) is 15.2 Å². The van der Waals surface area contributed by atoms with E-state index < -0.39 is 0 Å². The SMILES string of the molecule is CC1(C)CN(c2ccc3c(n2)N(C(=O)Nc2cnccn2)[C@]2(C)CCN3C2)CCO1. The van der Waals surface area contributed by atoms with Crippen molar-refractivity contribution in [3.8, 4) is 0 Å². The van der Waals surface area contributed by atoms with Gasteiger partial charge in [0.2, 0.25) is 0 Å². The Morgan fingerprint density at radius 3 is 2.77 bits per heavy atom. The quantitative estimate of drug-likeness (QED) is 0.815. The Kier molecular flexibility index (Phi) is 4.32. The lowest BCUT2D eigenvalue weighted by molar-refractivity contribution is -0.0279. The number of nitrogens with zero attached hydrogens (tertiary/aromatic N) is 6. The molecule has 5 rings (SSSR count). The minimum atomic E-state index is -0.324. The molecule has 0 spiro atoms. The van der Waals surface area contributed by atoms with Crippen molar-refractivity contribution in [3.63, 3.8) is 0 Å². The van der Waals surface area contributed by atoms with Gasteiger partial charge < -0.3 is 14.5 Å². The van der Waals surface area contributed by atoms with E-state index in [0.717, 1.165) is 44.1 Å². The number of amides is 2. The van der Waals surface area contributed by atoms with Crippen molar-refractivity contribution in [1.82, 2.24) is 15.0 Å². The van der Waals surface area contributed by atoms with Gasteiger partial charge in [0, 0.05) is 38.6 Å². The van der Waals surface area contributed by atoms with Gasteiger partial charge in [0.05, 0.1) is 29.6 Å². The average molecular weight is 409 g/mol. The van der Waals surface area contributed by atoms with Crippen LogP contribution >= 0.6 is 0 Å². The zero-order chi connectivity index (χ0) is 20.9. The van der Waals surface area contributed by atoms with Crippen LogP contribution in [0, 0.1) is 0 Å². The molecule has 0 aliphatic carbocycles. The van der Waals surface area contributed by atoms with E-state index in [1.54, 1.807) is 18.6 Å². The maximum absolute atomic E-state index is 13.4. The lowest BCUT2D eigenvalue weighted by atomic mass is 9.97. The number of urea groups is 1. The van der Waals surface area contributed by atoms with Gasteiger partial charge in [0.15, 0.2) is 11.6 Å². The molecule has 2 bridgehead atoms. The van der Waals surface area contributed by atoms with Gasteiger partial charge >= 0.3 is 6.03 Å². The van der Waals surface area contributed by atoms with Crippen molar-refractivity contribution >= 4 is 29.2 Å². The van der Waals surface area contributed by atoms with Gasteiger partial charge in [0.1, 0.15) is 5.82 Å². The smallest absolute Gasteiger partial charge is 0.329 e. The first-order chi connectivity index (χ1) is 14.3. The maximum atomic E-state index is 13.4. The van der Waals surface area contributed by atoms with Crippen LogP contribution in [0.4, 0.5) is 27.9 Å². The molecule has 158 valence electrons. The maximum Gasteiger partial charge on any atom is 0.329 e. The lowest BCUT2D eigenvalue weighted by Gasteiger charge is -2.43. The number of hydrogen-bond acceptors (Lipinski definition) is 7. The highest BCUT2D eigenvalue weighted by Gasteiger charge is 2.49. The molecule has 5 heterocycles. The van der Waals surface area contributed by atoms with Gasteiger partial charge in [-0.1, -0.05) is 0 Å². The summed E-state index contributed by atoms with van der Waals surface area (Å²) in [5.74, 6) is 2.00. The summed E-state index contributed by atoms with van der Waals surface area (Å²) < 4.78 is 5.85. The van der Waals surface area contributed by atoms with E-state index in [1.807, 2.05) is 4.90 Å². The van der Waals surface area contributed by atoms with E-state index >= 15 is 0 Å². The molecule has 2 aromatic heterocycles. The van der Waals surface area contributed by atoms with Crippen LogP contribution in [0.5, 0.6) is 0 Å². The standard InChI is InChI=1S/C21H27N7O2/c1-20(2)13-27(10-11-30-20)17-5-4-15-18(25-17)28(21(3)6-9-26(15)14-21)19(29)24-16-12-22-7-8-23-16/h4-5,7-8,12H,6,9-11,13-14H2,1-3H3,(H,23,24,29)/t21-/m1/s1. The molecule has 0 radical (unpaired) electrons. The molecule has 3 aliphatic rings. The number of morpholine rings is 1. The zero-order valence-corrected chi connectivity index (χ0v) is 17.6. The fraction of sp³-hybridized carbons (Fsp3) is 0.524. The first-order valence-corrected chi connectivity index (χ1v) is 10.4.